The molecule has 0 aliphatic carbocycles. The minimum Gasteiger partial charge on any atom is -0.339 e. The Hall–Kier alpha value is -1.25. The fourth-order valence-electron chi connectivity index (χ4n) is 1.17. The number of rotatable bonds is 2. The molecule has 0 aliphatic heterocycles. The smallest absolute Gasteiger partial charge is 0.130 e. The highest BCUT2D eigenvalue weighted by atomic mass is 35.5. The van der Waals surface area contributed by atoms with Gasteiger partial charge in [-0.1, -0.05) is 29.3 Å². The summed E-state index contributed by atoms with van der Waals surface area (Å²) in [6.07, 6.45) is 1.71. The Morgan fingerprint density at radius 3 is 2.67 bits per heavy atom. The summed E-state index contributed by atoms with van der Waals surface area (Å²) < 4.78 is 0. The monoisotopic (exact) mass is 238 g/mol. The second-order valence-electron chi connectivity index (χ2n) is 2.96. The third-order valence-electron chi connectivity index (χ3n) is 1.86. The molecule has 0 bridgehead atoms. The Labute approximate surface area is 97.9 Å². The molecule has 0 amide bonds. The van der Waals surface area contributed by atoms with E-state index in [0.29, 0.717) is 10.0 Å². The predicted molar refractivity (Wildman–Crippen MR) is 64.0 cm³/mol. The number of hydrogen-bond donors (Lipinski definition) is 1. The van der Waals surface area contributed by atoms with E-state index < -0.39 is 0 Å². The van der Waals surface area contributed by atoms with E-state index in [9.17, 15) is 0 Å². The lowest BCUT2D eigenvalue weighted by Crippen LogP contribution is -1.93. The molecule has 0 atom stereocenters. The lowest BCUT2D eigenvalue weighted by atomic mass is 10.3. The van der Waals surface area contributed by atoms with Gasteiger partial charge < -0.3 is 5.32 Å². The van der Waals surface area contributed by atoms with Gasteiger partial charge in [0.2, 0.25) is 0 Å². The molecule has 0 unspecified atom stereocenters. The third kappa shape index (κ3) is 2.61. The molecule has 0 fully saturated rings. The van der Waals surface area contributed by atoms with E-state index in [1.165, 1.54) is 0 Å². The van der Waals surface area contributed by atoms with Crippen LogP contribution < -0.4 is 5.32 Å². The highest BCUT2D eigenvalue weighted by Gasteiger charge is 2.01. The average Bonchev–Trinajstić information content (AvgIpc) is 2.25. The van der Waals surface area contributed by atoms with Crippen LogP contribution in [0.15, 0.2) is 42.6 Å². The van der Waals surface area contributed by atoms with Gasteiger partial charge in [0.05, 0.1) is 10.7 Å². The van der Waals surface area contributed by atoms with E-state index in [1.54, 1.807) is 24.4 Å². The SMILES string of the molecule is Clc1ccc(Cl)c(Nc2ccccn2)c1. The summed E-state index contributed by atoms with van der Waals surface area (Å²) in [4.78, 5) is 4.13. The van der Waals surface area contributed by atoms with E-state index >= 15 is 0 Å². The second-order valence-corrected chi connectivity index (χ2v) is 3.81. The average molecular weight is 239 g/mol. The van der Waals surface area contributed by atoms with Gasteiger partial charge in [0, 0.05) is 11.2 Å². The minimum absolute atomic E-state index is 0.616. The Morgan fingerprint density at radius 2 is 1.93 bits per heavy atom. The number of pyridine rings is 1. The number of nitrogens with one attached hydrogen (secondary N) is 1. The maximum absolute atomic E-state index is 6.00. The van der Waals surface area contributed by atoms with E-state index in [2.05, 4.69) is 10.3 Å². The molecule has 0 radical (unpaired) electrons. The molecule has 0 saturated heterocycles. The predicted octanol–water partition coefficient (Wildman–Crippen LogP) is 4.13. The topological polar surface area (TPSA) is 24.9 Å². The molecule has 1 aromatic carbocycles. The zero-order valence-electron chi connectivity index (χ0n) is 7.74. The van der Waals surface area contributed by atoms with Crippen molar-refractivity contribution in [1.82, 2.24) is 4.98 Å². The van der Waals surface area contributed by atoms with Crippen molar-refractivity contribution >= 4 is 34.7 Å². The zero-order chi connectivity index (χ0) is 10.7. The number of anilines is 2. The number of nitrogens with zero attached hydrogens (tertiary/aromatic N) is 1. The Bertz CT molecular complexity index is 457. The van der Waals surface area contributed by atoms with Gasteiger partial charge in [0.25, 0.3) is 0 Å². The second kappa shape index (κ2) is 4.51. The lowest BCUT2D eigenvalue weighted by Gasteiger charge is -2.07. The standard InChI is InChI=1S/C11H8Cl2N2/c12-8-4-5-9(13)10(7-8)15-11-3-1-2-6-14-11/h1-7H,(H,14,15). The van der Waals surface area contributed by atoms with Gasteiger partial charge in [-0.25, -0.2) is 4.98 Å². The number of hydrogen-bond acceptors (Lipinski definition) is 2. The Balaban J connectivity index is 2.28. The van der Waals surface area contributed by atoms with Gasteiger partial charge in [-0.15, -0.1) is 0 Å². The molecule has 0 saturated carbocycles. The van der Waals surface area contributed by atoms with Gasteiger partial charge in [-0.2, -0.15) is 0 Å². The van der Waals surface area contributed by atoms with Crippen molar-refractivity contribution in [1.29, 1.82) is 0 Å². The maximum Gasteiger partial charge on any atom is 0.130 e. The van der Waals surface area contributed by atoms with Crippen molar-refractivity contribution in [2.45, 2.75) is 0 Å². The van der Waals surface area contributed by atoms with Crippen LogP contribution in [0.5, 0.6) is 0 Å². The van der Waals surface area contributed by atoms with Crippen molar-refractivity contribution in [2.75, 3.05) is 5.32 Å². The van der Waals surface area contributed by atoms with Crippen molar-refractivity contribution in [3.05, 3.63) is 52.6 Å². The fourth-order valence-corrected chi connectivity index (χ4v) is 1.50. The van der Waals surface area contributed by atoms with Gasteiger partial charge in [-0.05, 0) is 30.3 Å². The van der Waals surface area contributed by atoms with Crippen molar-refractivity contribution in [3.8, 4) is 0 Å². The summed E-state index contributed by atoms with van der Waals surface area (Å²) in [6.45, 7) is 0. The summed E-state index contributed by atoms with van der Waals surface area (Å²) in [6, 6.07) is 10.9. The summed E-state index contributed by atoms with van der Waals surface area (Å²) in [5, 5.41) is 4.34. The first-order valence-corrected chi connectivity index (χ1v) is 5.14. The van der Waals surface area contributed by atoms with Crippen LogP contribution in [-0.2, 0) is 0 Å². The molecule has 1 N–H and O–H groups in total. The number of benzene rings is 1. The van der Waals surface area contributed by atoms with Gasteiger partial charge in [0.15, 0.2) is 0 Å². The molecule has 15 heavy (non-hydrogen) atoms. The molecule has 0 aliphatic rings. The van der Waals surface area contributed by atoms with Gasteiger partial charge >= 0.3 is 0 Å². The summed E-state index contributed by atoms with van der Waals surface area (Å²) in [5.41, 5.74) is 0.753. The molecule has 2 rings (SSSR count). The summed E-state index contributed by atoms with van der Waals surface area (Å²) in [7, 11) is 0. The van der Waals surface area contributed by atoms with Crippen molar-refractivity contribution < 1.29 is 0 Å². The summed E-state index contributed by atoms with van der Waals surface area (Å²) >= 11 is 11.9. The molecular formula is C11H8Cl2N2. The largest absolute Gasteiger partial charge is 0.339 e. The van der Waals surface area contributed by atoms with E-state index in [0.717, 1.165) is 11.5 Å². The van der Waals surface area contributed by atoms with Crippen LogP contribution in [0.1, 0.15) is 0 Å². The van der Waals surface area contributed by atoms with Crippen molar-refractivity contribution in [2.24, 2.45) is 0 Å². The van der Waals surface area contributed by atoms with E-state index in [4.69, 9.17) is 23.2 Å². The van der Waals surface area contributed by atoms with Crippen LogP contribution in [0.3, 0.4) is 0 Å². The first-order valence-electron chi connectivity index (χ1n) is 4.39. The Morgan fingerprint density at radius 1 is 1.07 bits per heavy atom. The number of aromatic nitrogens is 1. The van der Waals surface area contributed by atoms with Crippen LogP contribution in [0.2, 0.25) is 10.0 Å². The molecule has 4 heteroatoms. The van der Waals surface area contributed by atoms with Crippen LogP contribution in [0, 0.1) is 0 Å². The molecule has 2 aromatic rings. The van der Waals surface area contributed by atoms with Gasteiger partial charge in [-0.3, -0.25) is 0 Å². The minimum atomic E-state index is 0.616. The van der Waals surface area contributed by atoms with Crippen LogP contribution in [0.25, 0.3) is 0 Å². The van der Waals surface area contributed by atoms with Gasteiger partial charge in [0.1, 0.15) is 5.82 Å². The zero-order valence-corrected chi connectivity index (χ0v) is 9.26. The molecule has 2 nitrogen and oxygen atoms in total. The molecule has 76 valence electrons. The maximum atomic E-state index is 6.00. The van der Waals surface area contributed by atoms with E-state index in [-0.39, 0.29) is 0 Å². The highest BCUT2D eigenvalue weighted by Crippen LogP contribution is 2.27. The number of halogens is 2. The molecule has 1 heterocycles. The Kier molecular flexibility index (Phi) is 3.09. The molecule has 0 spiro atoms. The first-order chi connectivity index (χ1) is 7.25. The molecular weight excluding hydrogens is 231 g/mol. The summed E-state index contributed by atoms with van der Waals surface area (Å²) in [5.74, 6) is 0.738. The van der Waals surface area contributed by atoms with Crippen molar-refractivity contribution in [3.63, 3.8) is 0 Å². The lowest BCUT2D eigenvalue weighted by molar-refractivity contribution is 1.31. The van der Waals surface area contributed by atoms with Crippen LogP contribution in [-0.4, -0.2) is 4.98 Å². The fraction of sp³-hybridized carbons (Fsp3) is 0. The van der Waals surface area contributed by atoms with Crippen LogP contribution >= 0.6 is 23.2 Å². The van der Waals surface area contributed by atoms with E-state index in [1.807, 2.05) is 18.2 Å². The first kappa shape index (κ1) is 10.3. The van der Waals surface area contributed by atoms with Crippen LogP contribution in [0.4, 0.5) is 11.5 Å². The quantitative estimate of drug-likeness (QED) is 0.852. The highest BCUT2D eigenvalue weighted by molar-refractivity contribution is 6.35. The molecule has 1 aromatic heterocycles. The normalized spacial score (nSPS) is 10.0. The third-order valence-corrected chi connectivity index (χ3v) is 2.42.